The summed E-state index contributed by atoms with van der Waals surface area (Å²) in [5.41, 5.74) is 5.50. The molecule has 0 atom stereocenters. The van der Waals surface area contributed by atoms with Crippen molar-refractivity contribution < 1.29 is 5.11 Å². The molecule has 0 spiro atoms. The molecule has 28 heavy (non-hydrogen) atoms. The van der Waals surface area contributed by atoms with Gasteiger partial charge in [-0.15, -0.1) is 4.91 Å². The van der Waals surface area contributed by atoms with Gasteiger partial charge >= 0.3 is 0 Å². The minimum atomic E-state index is 0.249. The molecule has 0 saturated carbocycles. The summed E-state index contributed by atoms with van der Waals surface area (Å²) in [6.45, 7) is 7.71. The van der Waals surface area contributed by atoms with E-state index in [1.807, 2.05) is 44.2 Å². The Bertz CT molecular complexity index is 1020. The first kappa shape index (κ1) is 20.6. The lowest BCUT2D eigenvalue weighted by Gasteiger charge is -2.02. The molecule has 4 heteroatoms. The summed E-state index contributed by atoms with van der Waals surface area (Å²) in [6, 6.07) is 13.2. The van der Waals surface area contributed by atoms with Crippen LogP contribution in [0.25, 0.3) is 12.2 Å². The number of nitriles is 1. The topological polar surface area (TPSA) is 73.5 Å². The minimum Gasteiger partial charge on any atom is -0.508 e. The highest BCUT2D eigenvalue weighted by molar-refractivity contribution is 5.59. The second-order valence-electron chi connectivity index (χ2n) is 6.47. The molecule has 2 aromatic carbocycles. The number of nitrogens with zero attached hydrogens (tertiary/aromatic N) is 2. The zero-order valence-corrected chi connectivity index (χ0v) is 16.0. The Hall–Kier alpha value is -3.71. The molecule has 0 aliphatic carbocycles. The molecule has 0 saturated heterocycles. The average Bonchev–Trinajstić information content (AvgIpc) is 2.68. The monoisotopic (exact) mass is 370 g/mol. The fraction of sp³-hybridized carbons (Fsp3) is 0.125. The van der Waals surface area contributed by atoms with Crippen molar-refractivity contribution in [3.63, 3.8) is 0 Å². The van der Waals surface area contributed by atoms with E-state index in [1.165, 1.54) is 0 Å². The second kappa shape index (κ2) is 9.84. The Morgan fingerprint density at radius 2 is 1.79 bits per heavy atom. The Kier molecular flexibility index (Phi) is 7.24. The standard InChI is InChI=1S/C24H22N2O2/c1-17(4-6-20-9-11-24(27)19(3)15-20)14-23(26-28)10-8-21-7-5-18(2)22(16-21)12-13-25/h4-11,14-16,27H,1,12H2,2-3H3/b6-4+,10-8+,23-14-. The van der Waals surface area contributed by atoms with Crippen LogP contribution < -0.4 is 0 Å². The van der Waals surface area contributed by atoms with Crippen molar-refractivity contribution in [2.75, 3.05) is 0 Å². The number of allylic oxidation sites excluding steroid dienone is 4. The van der Waals surface area contributed by atoms with Gasteiger partial charge in [-0.1, -0.05) is 49.1 Å². The summed E-state index contributed by atoms with van der Waals surface area (Å²) < 4.78 is 0. The van der Waals surface area contributed by atoms with Gasteiger partial charge in [0.1, 0.15) is 11.4 Å². The van der Waals surface area contributed by atoms with Gasteiger partial charge in [-0.25, -0.2) is 0 Å². The van der Waals surface area contributed by atoms with Crippen LogP contribution in [0, 0.1) is 30.1 Å². The number of hydrogen-bond donors (Lipinski definition) is 1. The SMILES string of the molecule is C=C(/C=C(/C=C/c1ccc(C)c(CC#N)c1)N=O)/C=C/c1ccc(O)c(C)c1. The van der Waals surface area contributed by atoms with Crippen molar-refractivity contribution in [3.05, 3.63) is 105 Å². The quantitative estimate of drug-likeness (QED) is 0.479. The molecule has 1 N–H and O–H groups in total. The first-order valence-electron chi connectivity index (χ1n) is 8.79. The van der Waals surface area contributed by atoms with Crippen molar-refractivity contribution in [1.82, 2.24) is 0 Å². The van der Waals surface area contributed by atoms with Gasteiger partial charge in [0.2, 0.25) is 0 Å². The number of phenolic OH excluding ortho intramolecular Hbond substituents is 1. The molecule has 140 valence electrons. The third kappa shape index (κ3) is 5.93. The highest BCUT2D eigenvalue weighted by atomic mass is 16.3. The third-order valence-electron chi connectivity index (χ3n) is 4.24. The molecule has 0 radical (unpaired) electrons. The van der Waals surface area contributed by atoms with Crippen LogP contribution in [-0.4, -0.2) is 5.11 Å². The van der Waals surface area contributed by atoms with Crippen LogP contribution in [0.2, 0.25) is 0 Å². The van der Waals surface area contributed by atoms with Crippen LogP contribution >= 0.6 is 0 Å². The number of phenols is 1. The van der Waals surface area contributed by atoms with Crippen LogP contribution in [0.15, 0.2) is 77.7 Å². The van der Waals surface area contributed by atoms with Gasteiger partial charge in [-0.2, -0.15) is 5.26 Å². The third-order valence-corrected chi connectivity index (χ3v) is 4.24. The van der Waals surface area contributed by atoms with E-state index < -0.39 is 0 Å². The molecule has 0 aromatic heterocycles. The van der Waals surface area contributed by atoms with Gasteiger partial charge < -0.3 is 5.11 Å². The molecular formula is C24H22N2O2. The average molecular weight is 370 g/mol. The maximum Gasteiger partial charge on any atom is 0.118 e. The van der Waals surface area contributed by atoms with Gasteiger partial charge in [-0.3, -0.25) is 0 Å². The van der Waals surface area contributed by atoms with E-state index in [2.05, 4.69) is 17.8 Å². The molecule has 0 amide bonds. The first-order chi connectivity index (χ1) is 13.4. The van der Waals surface area contributed by atoms with E-state index in [9.17, 15) is 10.0 Å². The number of nitroso groups, excluding NO2 is 1. The maximum absolute atomic E-state index is 11.1. The Labute approximate surface area is 165 Å². The van der Waals surface area contributed by atoms with E-state index in [0.717, 1.165) is 27.8 Å². The van der Waals surface area contributed by atoms with Crippen molar-refractivity contribution in [1.29, 1.82) is 5.26 Å². The molecule has 0 fully saturated rings. The highest BCUT2D eigenvalue weighted by Crippen LogP contribution is 2.19. The summed E-state index contributed by atoms with van der Waals surface area (Å²) in [7, 11) is 0. The van der Waals surface area contributed by atoms with Gasteiger partial charge in [0.25, 0.3) is 0 Å². The molecule has 2 rings (SSSR count). The fourth-order valence-electron chi connectivity index (χ4n) is 2.58. The first-order valence-corrected chi connectivity index (χ1v) is 8.79. The summed E-state index contributed by atoms with van der Waals surface area (Å²) in [6.07, 6.45) is 8.98. The second-order valence-corrected chi connectivity index (χ2v) is 6.47. The summed E-state index contributed by atoms with van der Waals surface area (Å²) in [5, 5.41) is 21.5. The molecule has 4 nitrogen and oxygen atoms in total. The molecule has 0 aliphatic rings. The van der Waals surface area contributed by atoms with E-state index in [0.29, 0.717) is 12.0 Å². The van der Waals surface area contributed by atoms with E-state index in [-0.39, 0.29) is 11.4 Å². The van der Waals surface area contributed by atoms with Crippen molar-refractivity contribution in [2.24, 2.45) is 5.18 Å². The minimum absolute atomic E-state index is 0.249. The lowest BCUT2D eigenvalue weighted by atomic mass is 10.0. The molecule has 0 bridgehead atoms. The zero-order chi connectivity index (χ0) is 20.5. The van der Waals surface area contributed by atoms with Crippen molar-refractivity contribution in [2.45, 2.75) is 20.3 Å². The number of rotatable bonds is 7. The van der Waals surface area contributed by atoms with E-state index in [1.54, 1.807) is 36.4 Å². The zero-order valence-electron chi connectivity index (χ0n) is 16.0. The Morgan fingerprint density at radius 1 is 1.11 bits per heavy atom. The maximum atomic E-state index is 11.1. The molecule has 0 unspecified atom stereocenters. The Balaban J connectivity index is 2.13. The van der Waals surface area contributed by atoms with Gasteiger partial charge in [0.15, 0.2) is 0 Å². The van der Waals surface area contributed by atoms with Crippen LogP contribution in [0.5, 0.6) is 5.75 Å². The fourth-order valence-corrected chi connectivity index (χ4v) is 2.58. The normalized spacial score (nSPS) is 11.7. The summed E-state index contributed by atoms with van der Waals surface area (Å²) in [5.74, 6) is 0.252. The van der Waals surface area contributed by atoms with Crippen LogP contribution in [0.1, 0.15) is 27.8 Å². The summed E-state index contributed by atoms with van der Waals surface area (Å²) in [4.78, 5) is 11.1. The predicted octanol–water partition coefficient (Wildman–Crippen LogP) is 6.01. The smallest absolute Gasteiger partial charge is 0.118 e. The van der Waals surface area contributed by atoms with E-state index >= 15 is 0 Å². The van der Waals surface area contributed by atoms with E-state index in [4.69, 9.17) is 5.26 Å². The molecule has 2 aromatic rings. The van der Waals surface area contributed by atoms with Gasteiger partial charge in [0, 0.05) is 0 Å². The predicted molar refractivity (Wildman–Crippen MR) is 114 cm³/mol. The van der Waals surface area contributed by atoms with Crippen LogP contribution in [0.3, 0.4) is 0 Å². The largest absolute Gasteiger partial charge is 0.508 e. The number of aromatic hydroxyl groups is 1. The van der Waals surface area contributed by atoms with Crippen molar-refractivity contribution >= 4 is 12.2 Å². The number of hydrogen-bond acceptors (Lipinski definition) is 4. The highest BCUT2D eigenvalue weighted by Gasteiger charge is 1.99. The lowest BCUT2D eigenvalue weighted by Crippen LogP contribution is -1.88. The number of benzene rings is 2. The Morgan fingerprint density at radius 3 is 2.46 bits per heavy atom. The molecule has 0 heterocycles. The van der Waals surface area contributed by atoms with Crippen LogP contribution in [-0.2, 0) is 6.42 Å². The number of aryl methyl sites for hydroxylation is 2. The van der Waals surface area contributed by atoms with Crippen molar-refractivity contribution in [3.8, 4) is 11.8 Å². The molecule has 0 aliphatic heterocycles. The van der Waals surface area contributed by atoms with Gasteiger partial charge in [0.05, 0.1) is 12.5 Å². The molecular weight excluding hydrogens is 348 g/mol. The lowest BCUT2D eigenvalue weighted by molar-refractivity contribution is 0.471. The summed E-state index contributed by atoms with van der Waals surface area (Å²) >= 11 is 0. The van der Waals surface area contributed by atoms with Crippen LogP contribution in [0.4, 0.5) is 0 Å². The van der Waals surface area contributed by atoms with Gasteiger partial charge in [-0.05, 0) is 76.7 Å².